The molecule has 5 nitrogen and oxygen atoms in total. The highest BCUT2D eigenvalue weighted by atomic mass is 35.5. The Kier molecular flexibility index (Phi) is 4.83. The summed E-state index contributed by atoms with van der Waals surface area (Å²) in [5, 5.41) is 14.3. The summed E-state index contributed by atoms with van der Waals surface area (Å²) in [6, 6.07) is 3.91. The summed E-state index contributed by atoms with van der Waals surface area (Å²) < 4.78 is 0. The molecule has 0 bridgehead atoms. The Hall–Kier alpha value is -1.33. The number of nitrogens with zero attached hydrogens (tertiary/aromatic N) is 2. The molecule has 0 heterocycles. The van der Waals surface area contributed by atoms with E-state index in [2.05, 4.69) is 17.1 Å². The van der Waals surface area contributed by atoms with Crippen LogP contribution in [0.15, 0.2) is 12.1 Å². The van der Waals surface area contributed by atoms with Crippen molar-refractivity contribution in [2.24, 2.45) is 0 Å². The summed E-state index contributed by atoms with van der Waals surface area (Å²) in [5.74, 6) is 0. The number of nitro groups is 1. The molecule has 2 rings (SSSR count). The average Bonchev–Trinajstić information content (AvgIpc) is 3.22. The number of likely N-dealkylation sites (N-methyl/N-ethyl adjacent to an activating group) is 1. The van der Waals surface area contributed by atoms with E-state index in [-0.39, 0.29) is 10.7 Å². The largest absolute Gasteiger partial charge is 0.383 e. The van der Waals surface area contributed by atoms with Gasteiger partial charge in [0.05, 0.1) is 4.92 Å². The lowest BCUT2D eigenvalue weighted by Crippen LogP contribution is -2.31. The summed E-state index contributed by atoms with van der Waals surface area (Å²) in [6.07, 6.45) is 2.60. The quantitative estimate of drug-likeness (QED) is 0.618. The van der Waals surface area contributed by atoms with Crippen molar-refractivity contribution in [3.8, 4) is 0 Å². The monoisotopic (exact) mass is 297 g/mol. The zero-order valence-electron chi connectivity index (χ0n) is 11.9. The van der Waals surface area contributed by atoms with Crippen molar-refractivity contribution in [2.75, 3.05) is 25.0 Å². The SMILES string of the molecule is CCN(CCNc1cc(Cl)c([N+](=O)[O-])cc1C)C1CC1. The number of rotatable bonds is 7. The Morgan fingerprint density at radius 3 is 2.75 bits per heavy atom. The molecular weight excluding hydrogens is 278 g/mol. The van der Waals surface area contributed by atoms with Gasteiger partial charge in [-0.2, -0.15) is 0 Å². The fraction of sp³-hybridized carbons (Fsp3) is 0.571. The van der Waals surface area contributed by atoms with E-state index >= 15 is 0 Å². The van der Waals surface area contributed by atoms with Gasteiger partial charge in [-0.25, -0.2) is 0 Å². The zero-order valence-corrected chi connectivity index (χ0v) is 12.6. The van der Waals surface area contributed by atoms with Gasteiger partial charge in [-0.3, -0.25) is 15.0 Å². The highest BCUT2D eigenvalue weighted by molar-refractivity contribution is 6.33. The zero-order chi connectivity index (χ0) is 14.7. The molecule has 0 aromatic heterocycles. The molecule has 1 N–H and O–H groups in total. The van der Waals surface area contributed by atoms with E-state index in [1.165, 1.54) is 18.9 Å². The molecule has 0 saturated heterocycles. The van der Waals surface area contributed by atoms with Gasteiger partial charge >= 0.3 is 0 Å². The van der Waals surface area contributed by atoms with E-state index < -0.39 is 4.92 Å². The number of halogens is 1. The molecule has 0 radical (unpaired) electrons. The van der Waals surface area contributed by atoms with Crippen molar-refractivity contribution < 1.29 is 4.92 Å². The summed E-state index contributed by atoms with van der Waals surface area (Å²) in [4.78, 5) is 12.8. The average molecular weight is 298 g/mol. The Balaban J connectivity index is 1.95. The molecule has 110 valence electrons. The van der Waals surface area contributed by atoms with Crippen LogP contribution in [-0.4, -0.2) is 35.5 Å². The molecule has 0 amide bonds. The van der Waals surface area contributed by atoms with Crippen LogP contribution in [0.3, 0.4) is 0 Å². The Labute approximate surface area is 124 Å². The molecule has 6 heteroatoms. The van der Waals surface area contributed by atoms with Crippen molar-refractivity contribution >= 4 is 23.0 Å². The van der Waals surface area contributed by atoms with Crippen LogP contribution >= 0.6 is 11.6 Å². The first-order valence-electron chi connectivity index (χ1n) is 6.95. The number of hydrogen-bond acceptors (Lipinski definition) is 4. The van der Waals surface area contributed by atoms with Crippen molar-refractivity contribution in [1.82, 2.24) is 4.90 Å². The fourth-order valence-electron chi connectivity index (χ4n) is 2.37. The van der Waals surface area contributed by atoms with E-state index in [0.717, 1.165) is 36.9 Å². The Morgan fingerprint density at radius 1 is 1.50 bits per heavy atom. The predicted molar refractivity (Wildman–Crippen MR) is 81.6 cm³/mol. The van der Waals surface area contributed by atoms with Crippen molar-refractivity contribution in [1.29, 1.82) is 0 Å². The van der Waals surface area contributed by atoms with Gasteiger partial charge < -0.3 is 5.32 Å². The first-order valence-corrected chi connectivity index (χ1v) is 7.33. The molecule has 1 aliphatic rings. The molecule has 0 aliphatic heterocycles. The minimum absolute atomic E-state index is 0.0390. The van der Waals surface area contributed by atoms with Crippen LogP contribution < -0.4 is 5.32 Å². The van der Waals surface area contributed by atoms with Crippen LogP contribution in [0.4, 0.5) is 11.4 Å². The van der Waals surface area contributed by atoms with E-state index in [0.29, 0.717) is 0 Å². The molecule has 1 saturated carbocycles. The number of anilines is 1. The number of hydrogen-bond donors (Lipinski definition) is 1. The van der Waals surface area contributed by atoms with Crippen LogP contribution in [0, 0.1) is 17.0 Å². The van der Waals surface area contributed by atoms with Crippen LogP contribution in [0.5, 0.6) is 0 Å². The van der Waals surface area contributed by atoms with Gasteiger partial charge in [0.25, 0.3) is 5.69 Å². The molecule has 1 aliphatic carbocycles. The first-order chi connectivity index (χ1) is 9.52. The molecular formula is C14H20ClN3O2. The molecule has 0 unspecified atom stereocenters. The number of benzene rings is 1. The summed E-state index contributed by atoms with van der Waals surface area (Å²) >= 11 is 5.93. The van der Waals surface area contributed by atoms with E-state index in [1.807, 2.05) is 6.92 Å². The smallest absolute Gasteiger partial charge is 0.288 e. The lowest BCUT2D eigenvalue weighted by atomic mass is 10.1. The van der Waals surface area contributed by atoms with Crippen LogP contribution in [0.2, 0.25) is 5.02 Å². The van der Waals surface area contributed by atoms with E-state index in [1.54, 1.807) is 6.07 Å². The maximum absolute atomic E-state index is 10.8. The lowest BCUT2D eigenvalue weighted by Gasteiger charge is -2.20. The summed E-state index contributed by atoms with van der Waals surface area (Å²) in [5.41, 5.74) is 1.67. The number of nitro benzene ring substituents is 1. The van der Waals surface area contributed by atoms with Crippen molar-refractivity contribution in [3.05, 3.63) is 32.8 Å². The van der Waals surface area contributed by atoms with Gasteiger partial charge in [0, 0.05) is 30.9 Å². The van der Waals surface area contributed by atoms with E-state index in [9.17, 15) is 10.1 Å². The summed E-state index contributed by atoms with van der Waals surface area (Å²) in [6.45, 7) is 6.89. The minimum atomic E-state index is -0.453. The minimum Gasteiger partial charge on any atom is -0.383 e. The second-order valence-electron chi connectivity index (χ2n) is 5.16. The van der Waals surface area contributed by atoms with Gasteiger partial charge in [-0.1, -0.05) is 18.5 Å². The van der Waals surface area contributed by atoms with Gasteiger partial charge in [0.15, 0.2) is 0 Å². The highest BCUT2D eigenvalue weighted by Crippen LogP contribution is 2.30. The lowest BCUT2D eigenvalue weighted by molar-refractivity contribution is -0.384. The number of nitrogens with one attached hydrogen (secondary N) is 1. The third-order valence-electron chi connectivity index (χ3n) is 3.67. The molecule has 1 fully saturated rings. The molecule has 0 atom stereocenters. The highest BCUT2D eigenvalue weighted by Gasteiger charge is 2.27. The Morgan fingerprint density at radius 2 is 2.20 bits per heavy atom. The second kappa shape index (κ2) is 6.41. The normalized spacial score (nSPS) is 14.6. The Bertz CT molecular complexity index is 503. The molecule has 1 aromatic carbocycles. The second-order valence-corrected chi connectivity index (χ2v) is 5.57. The summed E-state index contributed by atoms with van der Waals surface area (Å²) in [7, 11) is 0. The standard InChI is InChI=1S/C14H20ClN3O2/c1-3-17(11-4-5-11)7-6-16-13-9-12(15)14(18(19)20)8-10(13)2/h8-9,11,16H,3-7H2,1-2H3. The third-order valence-corrected chi connectivity index (χ3v) is 3.98. The van der Waals surface area contributed by atoms with Crippen LogP contribution in [0.1, 0.15) is 25.3 Å². The van der Waals surface area contributed by atoms with E-state index in [4.69, 9.17) is 11.6 Å². The van der Waals surface area contributed by atoms with Crippen molar-refractivity contribution in [3.63, 3.8) is 0 Å². The maximum atomic E-state index is 10.8. The van der Waals surface area contributed by atoms with Crippen molar-refractivity contribution in [2.45, 2.75) is 32.7 Å². The predicted octanol–water partition coefficient (Wildman–Crippen LogP) is 3.45. The van der Waals surface area contributed by atoms with Crippen LogP contribution in [-0.2, 0) is 0 Å². The molecule has 0 spiro atoms. The fourth-order valence-corrected chi connectivity index (χ4v) is 2.60. The van der Waals surface area contributed by atoms with Gasteiger partial charge in [0.2, 0.25) is 0 Å². The van der Waals surface area contributed by atoms with Crippen LogP contribution in [0.25, 0.3) is 0 Å². The maximum Gasteiger partial charge on any atom is 0.288 e. The molecule has 20 heavy (non-hydrogen) atoms. The third kappa shape index (κ3) is 3.61. The topological polar surface area (TPSA) is 58.4 Å². The van der Waals surface area contributed by atoms with Gasteiger partial charge in [-0.15, -0.1) is 0 Å². The van der Waals surface area contributed by atoms with Gasteiger partial charge in [0.1, 0.15) is 5.02 Å². The first kappa shape index (κ1) is 15.1. The molecule has 1 aromatic rings. The van der Waals surface area contributed by atoms with Gasteiger partial charge in [-0.05, 0) is 37.9 Å². The number of aryl methyl sites for hydroxylation is 1.